The summed E-state index contributed by atoms with van der Waals surface area (Å²) in [5, 5.41) is 4.08. The fourth-order valence-corrected chi connectivity index (χ4v) is 2.78. The molecule has 1 amide bonds. The average molecular weight is 372 g/mol. The molecular formula is C20H18ClNO4. The van der Waals surface area contributed by atoms with E-state index in [4.69, 9.17) is 20.8 Å². The first-order chi connectivity index (χ1) is 12.6. The molecule has 1 heterocycles. The van der Waals surface area contributed by atoms with Gasteiger partial charge in [-0.2, -0.15) is 0 Å². The molecule has 0 unspecified atom stereocenters. The molecule has 0 bridgehead atoms. The SMILES string of the molecule is CCOc1ccc2c(C(=O)NCCc3ccc(Cl)cc3)cc(=O)oc2c1. The van der Waals surface area contributed by atoms with Crippen LogP contribution in [-0.2, 0) is 6.42 Å². The largest absolute Gasteiger partial charge is 0.494 e. The zero-order valence-electron chi connectivity index (χ0n) is 14.3. The van der Waals surface area contributed by atoms with E-state index in [1.165, 1.54) is 6.07 Å². The minimum Gasteiger partial charge on any atom is -0.494 e. The third-order valence-electron chi connectivity index (χ3n) is 3.88. The van der Waals surface area contributed by atoms with Gasteiger partial charge in [-0.1, -0.05) is 23.7 Å². The summed E-state index contributed by atoms with van der Waals surface area (Å²) in [5.74, 6) is 0.268. The fourth-order valence-electron chi connectivity index (χ4n) is 2.65. The number of carbonyl (C=O) groups is 1. The quantitative estimate of drug-likeness (QED) is 0.669. The van der Waals surface area contributed by atoms with Crippen LogP contribution in [-0.4, -0.2) is 19.1 Å². The van der Waals surface area contributed by atoms with Crippen molar-refractivity contribution in [1.82, 2.24) is 5.32 Å². The zero-order chi connectivity index (χ0) is 18.5. The van der Waals surface area contributed by atoms with Gasteiger partial charge in [0, 0.05) is 29.1 Å². The molecule has 3 rings (SSSR count). The van der Waals surface area contributed by atoms with E-state index in [2.05, 4.69) is 5.32 Å². The summed E-state index contributed by atoms with van der Waals surface area (Å²) in [7, 11) is 0. The predicted molar refractivity (Wildman–Crippen MR) is 101 cm³/mol. The third kappa shape index (κ3) is 4.24. The number of amides is 1. The number of carbonyl (C=O) groups excluding carboxylic acids is 1. The van der Waals surface area contributed by atoms with Crippen molar-refractivity contribution in [2.24, 2.45) is 0 Å². The molecule has 1 aromatic heterocycles. The van der Waals surface area contributed by atoms with E-state index in [0.29, 0.717) is 41.3 Å². The van der Waals surface area contributed by atoms with Gasteiger partial charge in [0.2, 0.25) is 0 Å². The van der Waals surface area contributed by atoms with Gasteiger partial charge < -0.3 is 14.5 Å². The van der Waals surface area contributed by atoms with Gasteiger partial charge in [0.1, 0.15) is 11.3 Å². The van der Waals surface area contributed by atoms with Gasteiger partial charge in [0.15, 0.2) is 0 Å². The maximum absolute atomic E-state index is 12.5. The summed E-state index contributed by atoms with van der Waals surface area (Å²) >= 11 is 5.86. The van der Waals surface area contributed by atoms with Crippen LogP contribution in [0.5, 0.6) is 5.75 Å². The number of hydrogen-bond donors (Lipinski definition) is 1. The maximum Gasteiger partial charge on any atom is 0.337 e. The van der Waals surface area contributed by atoms with Gasteiger partial charge in [-0.15, -0.1) is 0 Å². The van der Waals surface area contributed by atoms with Crippen molar-refractivity contribution in [3.63, 3.8) is 0 Å². The summed E-state index contributed by atoms with van der Waals surface area (Å²) in [6, 6.07) is 13.7. The molecule has 5 nitrogen and oxygen atoms in total. The molecule has 3 aromatic rings. The van der Waals surface area contributed by atoms with Crippen LogP contribution in [0.25, 0.3) is 11.0 Å². The van der Waals surface area contributed by atoms with Crippen molar-refractivity contribution >= 4 is 28.5 Å². The minimum atomic E-state index is -0.575. The Morgan fingerprint density at radius 1 is 1.15 bits per heavy atom. The molecule has 0 aliphatic heterocycles. The van der Waals surface area contributed by atoms with Gasteiger partial charge in [-0.05, 0) is 43.2 Å². The molecule has 0 saturated heterocycles. The number of ether oxygens (including phenoxy) is 1. The van der Waals surface area contributed by atoms with Crippen LogP contribution in [0.2, 0.25) is 5.02 Å². The van der Waals surface area contributed by atoms with Crippen LogP contribution >= 0.6 is 11.6 Å². The van der Waals surface area contributed by atoms with Gasteiger partial charge in [0.25, 0.3) is 5.91 Å². The summed E-state index contributed by atoms with van der Waals surface area (Å²) in [4.78, 5) is 24.3. The third-order valence-corrected chi connectivity index (χ3v) is 4.14. The smallest absolute Gasteiger partial charge is 0.337 e. The molecule has 0 aliphatic rings. The van der Waals surface area contributed by atoms with Gasteiger partial charge in [-0.3, -0.25) is 4.79 Å². The Morgan fingerprint density at radius 2 is 1.92 bits per heavy atom. The van der Waals surface area contributed by atoms with Crippen LogP contribution in [0.1, 0.15) is 22.8 Å². The summed E-state index contributed by atoms with van der Waals surface area (Å²) in [5.41, 5.74) is 1.10. The van der Waals surface area contributed by atoms with Crippen molar-refractivity contribution in [2.45, 2.75) is 13.3 Å². The van der Waals surface area contributed by atoms with E-state index < -0.39 is 5.63 Å². The first kappa shape index (κ1) is 18.0. The fraction of sp³-hybridized carbons (Fsp3) is 0.200. The van der Waals surface area contributed by atoms with Crippen molar-refractivity contribution in [3.05, 3.63) is 75.1 Å². The molecule has 0 spiro atoms. The zero-order valence-corrected chi connectivity index (χ0v) is 15.0. The summed E-state index contributed by atoms with van der Waals surface area (Å²) in [6.45, 7) is 2.81. The van der Waals surface area contributed by atoms with E-state index in [0.717, 1.165) is 5.56 Å². The standard InChI is InChI=1S/C20H18ClNO4/c1-2-25-15-7-8-16-17(12-19(23)26-18(16)11-15)20(24)22-10-9-13-3-5-14(21)6-4-13/h3-8,11-12H,2,9-10H2,1H3,(H,22,24). The lowest BCUT2D eigenvalue weighted by Gasteiger charge is -2.09. The lowest BCUT2D eigenvalue weighted by molar-refractivity contribution is 0.0955. The number of nitrogens with one attached hydrogen (secondary N) is 1. The lowest BCUT2D eigenvalue weighted by Crippen LogP contribution is -2.26. The highest BCUT2D eigenvalue weighted by Gasteiger charge is 2.13. The Kier molecular flexibility index (Phi) is 5.58. The summed E-state index contributed by atoms with van der Waals surface area (Å²) < 4.78 is 10.6. The van der Waals surface area contributed by atoms with E-state index in [1.807, 2.05) is 31.2 Å². The molecule has 0 saturated carbocycles. The Bertz CT molecular complexity index is 979. The highest BCUT2D eigenvalue weighted by molar-refractivity contribution is 6.30. The molecule has 0 radical (unpaired) electrons. The van der Waals surface area contributed by atoms with Crippen LogP contribution in [0.3, 0.4) is 0 Å². The van der Waals surface area contributed by atoms with Crippen LogP contribution < -0.4 is 15.7 Å². The molecule has 26 heavy (non-hydrogen) atoms. The van der Waals surface area contributed by atoms with Crippen molar-refractivity contribution in [3.8, 4) is 5.75 Å². The number of halogens is 1. The molecule has 1 N–H and O–H groups in total. The highest BCUT2D eigenvalue weighted by Crippen LogP contribution is 2.22. The normalized spacial score (nSPS) is 10.7. The van der Waals surface area contributed by atoms with E-state index in [1.54, 1.807) is 18.2 Å². The first-order valence-electron chi connectivity index (χ1n) is 8.30. The number of benzene rings is 2. The van der Waals surface area contributed by atoms with Crippen molar-refractivity contribution in [2.75, 3.05) is 13.2 Å². The van der Waals surface area contributed by atoms with Gasteiger partial charge in [-0.25, -0.2) is 4.79 Å². The number of hydrogen-bond acceptors (Lipinski definition) is 4. The minimum absolute atomic E-state index is 0.287. The maximum atomic E-state index is 12.5. The van der Waals surface area contributed by atoms with Crippen LogP contribution in [0.15, 0.2) is 57.7 Å². The van der Waals surface area contributed by atoms with E-state index in [-0.39, 0.29) is 11.5 Å². The Morgan fingerprint density at radius 3 is 2.65 bits per heavy atom. The van der Waals surface area contributed by atoms with Crippen LogP contribution in [0, 0.1) is 0 Å². The van der Waals surface area contributed by atoms with Crippen molar-refractivity contribution in [1.29, 1.82) is 0 Å². The monoisotopic (exact) mass is 371 g/mol. The Hall–Kier alpha value is -2.79. The topological polar surface area (TPSA) is 68.5 Å². The molecule has 0 fully saturated rings. The molecule has 0 atom stereocenters. The second kappa shape index (κ2) is 8.06. The molecule has 2 aromatic carbocycles. The van der Waals surface area contributed by atoms with E-state index in [9.17, 15) is 9.59 Å². The average Bonchev–Trinajstić information content (AvgIpc) is 2.62. The number of rotatable bonds is 6. The second-order valence-corrected chi connectivity index (χ2v) is 6.14. The van der Waals surface area contributed by atoms with Gasteiger partial charge in [0.05, 0.1) is 12.2 Å². The highest BCUT2D eigenvalue weighted by atomic mass is 35.5. The van der Waals surface area contributed by atoms with E-state index >= 15 is 0 Å². The second-order valence-electron chi connectivity index (χ2n) is 5.70. The Balaban J connectivity index is 1.76. The molecule has 6 heteroatoms. The predicted octanol–water partition coefficient (Wildman–Crippen LogP) is 3.82. The van der Waals surface area contributed by atoms with Crippen molar-refractivity contribution < 1.29 is 13.9 Å². The number of fused-ring (bicyclic) bond motifs is 1. The Labute approximate surface area is 155 Å². The lowest BCUT2D eigenvalue weighted by atomic mass is 10.1. The van der Waals surface area contributed by atoms with Crippen LogP contribution in [0.4, 0.5) is 0 Å². The van der Waals surface area contributed by atoms with Gasteiger partial charge >= 0.3 is 5.63 Å². The molecular weight excluding hydrogens is 354 g/mol. The molecule has 0 aliphatic carbocycles. The molecule has 134 valence electrons. The summed E-state index contributed by atoms with van der Waals surface area (Å²) in [6.07, 6.45) is 0.663. The first-order valence-corrected chi connectivity index (χ1v) is 8.68.